The molecule has 0 fully saturated rings. The molecule has 112 valence electrons. The quantitative estimate of drug-likeness (QED) is 0.244. The molecule has 0 spiro atoms. The zero-order valence-electron chi connectivity index (χ0n) is 9.14. The van der Waals surface area contributed by atoms with E-state index in [0.717, 1.165) is 0 Å². The monoisotopic (exact) mass is 314 g/mol. The van der Waals surface area contributed by atoms with E-state index in [1.165, 1.54) is 6.92 Å². The molecule has 0 amide bonds. The highest BCUT2D eigenvalue weighted by atomic mass is 31.3. The van der Waals surface area contributed by atoms with E-state index in [9.17, 15) is 9.13 Å². The highest BCUT2D eigenvalue weighted by molar-refractivity contribution is 7.60. The van der Waals surface area contributed by atoms with Crippen molar-refractivity contribution in [1.82, 2.24) is 0 Å². The first-order chi connectivity index (χ1) is 7.80. The van der Waals surface area contributed by atoms with Crippen molar-refractivity contribution < 1.29 is 53.4 Å². The molecule has 0 saturated carbocycles. The van der Waals surface area contributed by atoms with Crippen LogP contribution in [0.15, 0.2) is 0 Å². The highest BCUT2D eigenvalue weighted by Crippen LogP contribution is 2.53. The Labute approximate surface area is 102 Å². The van der Waals surface area contributed by atoms with Gasteiger partial charge in [0, 0.05) is 0 Å². The Morgan fingerprint density at radius 3 is 1.39 bits per heavy atom. The van der Waals surface area contributed by atoms with Gasteiger partial charge < -0.3 is 40.0 Å². The van der Waals surface area contributed by atoms with Crippen molar-refractivity contribution >= 4 is 15.6 Å². The van der Waals surface area contributed by atoms with E-state index in [1.54, 1.807) is 0 Å². The third kappa shape index (κ3) is 14.2. The van der Waals surface area contributed by atoms with Crippen molar-refractivity contribution in [3.63, 3.8) is 0 Å². The van der Waals surface area contributed by atoms with Gasteiger partial charge >= 0.3 is 15.6 Å². The molecule has 0 heterocycles. The number of aliphatic hydroxyl groups is 4. The molecule has 0 bridgehead atoms. The van der Waals surface area contributed by atoms with E-state index in [1.807, 2.05) is 0 Å². The summed E-state index contributed by atoms with van der Waals surface area (Å²) >= 11 is 0. The van der Waals surface area contributed by atoms with Gasteiger partial charge in [-0.05, 0) is 6.92 Å². The summed E-state index contributed by atoms with van der Waals surface area (Å²) in [6.45, 7) is 0.801. The summed E-state index contributed by atoms with van der Waals surface area (Å²) in [5.74, 6) is 0. The van der Waals surface area contributed by atoms with Crippen LogP contribution in [0.3, 0.4) is 0 Å². The molecule has 18 heavy (non-hydrogen) atoms. The summed E-state index contributed by atoms with van der Waals surface area (Å²) < 4.78 is 22.2. The smallest absolute Gasteiger partial charge is 0.394 e. The zero-order chi connectivity index (χ0) is 15.1. The molecule has 0 radical (unpaired) electrons. The van der Waals surface area contributed by atoms with Gasteiger partial charge in [-0.1, -0.05) is 0 Å². The second-order valence-electron chi connectivity index (χ2n) is 3.04. The molecule has 0 aliphatic carbocycles. The Hall–Kier alpha value is 0.100. The standard InChI is InChI=1S/C5H12O4.H4O7P2/c1-3(7)5(9)4(8)2-6;1-8(2,3)7-9(4,5)6/h3-9H,2H2,1H3;(H2,1,2,3)(H2,4,5,6)/t3?,4-,5+;/m1./s1. The van der Waals surface area contributed by atoms with Crippen molar-refractivity contribution in [3.05, 3.63) is 0 Å². The Kier molecular flexibility index (Phi) is 9.42. The van der Waals surface area contributed by atoms with Gasteiger partial charge in [0.05, 0.1) is 12.7 Å². The summed E-state index contributed by atoms with van der Waals surface area (Å²) in [6, 6.07) is 0. The lowest BCUT2D eigenvalue weighted by Gasteiger charge is -2.17. The summed E-state index contributed by atoms with van der Waals surface area (Å²) in [5, 5.41) is 34.2. The van der Waals surface area contributed by atoms with Gasteiger partial charge in [-0.15, -0.1) is 0 Å². The molecule has 0 aliphatic rings. The largest absolute Gasteiger partial charge is 0.478 e. The van der Waals surface area contributed by atoms with E-state index in [0.29, 0.717) is 0 Å². The molecule has 0 saturated heterocycles. The maximum atomic E-state index is 9.63. The molecule has 0 aromatic rings. The maximum Gasteiger partial charge on any atom is 0.478 e. The Morgan fingerprint density at radius 2 is 1.33 bits per heavy atom. The van der Waals surface area contributed by atoms with Crippen LogP contribution in [0.25, 0.3) is 0 Å². The van der Waals surface area contributed by atoms with Gasteiger partial charge in [-0.25, -0.2) is 9.13 Å². The average Bonchev–Trinajstić information content (AvgIpc) is 2.10. The Bertz CT molecular complexity index is 285. The van der Waals surface area contributed by atoms with Crippen LogP contribution in [0, 0.1) is 0 Å². The van der Waals surface area contributed by atoms with E-state index in [-0.39, 0.29) is 0 Å². The number of hydrogen-bond acceptors (Lipinski definition) is 7. The molecule has 0 aromatic heterocycles. The van der Waals surface area contributed by atoms with Crippen molar-refractivity contribution in [3.8, 4) is 0 Å². The molecular formula is C5H16O11P2. The number of phosphoric acid groups is 2. The third-order valence-corrected chi connectivity index (χ3v) is 2.99. The van der Waals surface area contributed by atoms with Crippen LogP contribution in [0.5, 0.6) is 0 Å². The van der Waals surface area contributed by atoms with E-state index >= 15 is 0 Å². The van der Waals surface area contributed by atoms with Gasteiger partial charge in [0.1, 0.15) is 12.2 Å². The summed E-state index contributed by atoms with van der Waals surface area (Å²) in [5.41, 5.74) is 0. The molecule has 0 aliphatic heterocycles. The summed E-state index contributed by atoms with van der Waals surface area (Å²) in [6.07, 6.45) is -3.51. The fourth-order valence-electron chi connectivity index (χ4n) is 0.568. The second kappa shape index (κ2) is 8.31. The van der Waals surface area contributed by atoms with Crippen LogP contribution in [0.4, 0.5) is 0 Å². The summed E-state index contributed by atoms with van der Waals surface area (Å²) in [4.78, 5) is 31.0. The first-order valence-electron chi connectivity index (χ1n) is 4.27. The lowest BCUT2D eigenvalue weighted by molar-refractivity contribution is -0.0698. The van der Waals surface area contributed by atoms with Crippen LogP contribution in [-0.2, 0) is 13.4 Å². The van der Waals surface area contributed by atoms with Crippen molar-refractivity contribution in [2.45, 2.75) is 25.2 Å². The number of hydrogen-bond donors (Lipinski definition) is 8. The molecule has 0 aromatic carbocycles. The topological polar surface area (TPSA) is 205 Å². The molecule has 8 N–H and O–H groups in total. The normalized spacial score (nSPS) is 17.4. The maximum absolute atomic E-state index is 9.63. The average molecular weight is 314 g/mol. The van der Waals surface area contributed by atoms with Crippen LogP contribution >= 0.6 is 15.6 Å². The minimum absolute atomic E-state index is 0.536. The summed E-state index contributed by atoms with van der Waals surface area (Å²) in [7, 11) is -10.1. The third-order valence-electron chi connectivity index (χ3n) is 1.29. The minimum Gasteiger partial charge on any atom is -0.394 e. The Morgan fingerprint density at radius 1 is 1.00 bits per heavy atom. The van der Waals surface area contributed by atoms with Gasteiger partial charge in [-0.2, -0.15) is 4.31 Å². The van der Waals surface area contributed by atoms with Crippen LogP contribution in [0.2, 0.25) is 0 Å². The van der Waals surface area contributed by atoms with Crippen molar-refractivity contribution in [2.24, 2.45) is 0 Å². The van der Waals surface area contributed by atoms with Gasteiger partial charge in [0.25, 0.3) is 0 Å². The molecule has 13 heteroatoms. The lowest BCUT2D eigenvalue weighted by atomic mass is 10.1. The molecule has 1 unspecified atom stereocenters. The van der Waals surface area contributed by atoms with E-state index in [4.69, 9.17) is 40.0 Å². The van der Waals surface area contributed by atoms with Crippen molar-refractivity contribution in [1.29, 1.82) is 0 Å². The fraction of sp³-hybridized carbons (Fsp3) is 1.00. The fourth-order valence-corrected chi connectivity index (χ4v) is 1.68. The van der Waals surface area contributed by atoms with Crippen LogP contribution in [0.1, 0.15) is 6.92 Å². The zero-order valence-corrected chi connectivity index (χ0v) is 10.9. The number of rotatable bonds is 5. The molecule has 0 rings (SSSR count). The van der Waals surface area contributed by atoms with E-state index in [2.05, 4.69) is 4.31 Å². The molecule has 3 atom stereocenters. The van der Waals surface area contributed by atoms with Crippen LogP contribution < -0.4 is 0 Å². The van der Waals surface area contributed by atoms with E-state index < -0.39 is 40.6 Å². The lowest BCUT2D eigenvalue weighted by Crippen LogP contribution is -2.37. The van der Waals surface area contributed by atoms with Crippen molar-refractivity contribution in [2.75, 3.05) is 6.61 Å². The van der Waals surface area contributed by atoms with Gasteiger partial charge in [-0.3, -0.25) is 0 Å². The predicted octanol–water partition coefficient (Wildman–Crippen LogP) is -2.73. The van der Waals surface area contributed by atoms with Crippen LogP contribution in [-0.4, -0.2) is 64.9 Å². The predicted molar refractivity (Wildman–Crippen MR) is 56.0 cm³/mol. The Balaban J connectivity index is 0. The number of aliphatic hydroxyl groups excluding tert-OH is 4. The first-order valence-corrected chi connectivity index (χ1v) is 7.33. The minimum atomic E-state index is -5.05. The SMILES string of the molecule is CC(O)[C@H](O)[C@H](O)CO.O=P(O)(O)OP(=O)(O)O. The van der Waals surface area contributed by atoms with Gasteiger partial charge in [0.2, 0.25) is 0 Å². The highest BCUT2D eigenvalue weighted by Gasteiger charge is 2.27. The molecule has 11 nitrogen and oxygen atoms in total. The first kappa shape index (κ1) is 20.4. The second-order valence-corrected chi connectivity index (χ2v) is 5.66. The van der Waals surface area contributed by atoms with Gasteiger partial charge in [0.15, 0.2) is 0 Å². The molecular weight excluding hydrogens is 298 g/mol.